The van der Waals surface area contributed by atoms with Gasteiger partial charge in [0, 0.05) is 25.3 Å². The van der Waals surface area contributed by atoms with E-state index in [0.29, 0.717) is 0 Å². The van der Waals surface area contributed by atoms with Crippen molar-refractivity contribution in [2.24, 2.45) is 5.73 Å². The Morgan fingerprint density at radius 3 is 2.29 bits per heavy atom. The van der Waals surface area contributed by atoms with E-state index < -0.39 is 6.04 Å². The fraction of sp³-hybridized carbons (Fsp3) is 0.381. The SMILES string of the molecule is Cc1ccc(C(N)C(=O)Nc2ccc(CCN3CCOCC3)cc2)cc1.Cl.Cl. The number of halogens is 2. The largest absolute Gasteiger partial charge is 0.379 e. The van der Waals surface area contributed by atoms with Crippen molar-refractivity contribution in [3.63, 3.8) is 0 Å². The number of morpholine rings is 1. The molecule has 1 saturated heterocycles. The molecule has 1 fully saturated rings. The van der Waals surface area contributed by atoms with Gasteiger partial charge in [-0.1, -0.05) is 42.0 Å². The van der Waals surface area contributed by atoms with E-state index in [9.17, 15) is 4.79 Å². The number of aryl methyl sites for hydroxylation is 1. The highest BCUT2D eigenvalue weighted by atomic mass is 35.5. The normalized spacial score (nSPS) is 15.1. The summed E-state index contributed by atoms with van der Waals surface area (Å²) in [5.41, 5.74) is 10.1. The van der Waals surface area contributed by atoms with E-state index in [1.54, 1.807) is 0 Å². The zero-order chi connectivity index (χ0) is 18.4. The van der Waals surface area contributed by atoms with Gasteiger partial charge in [-0.15, -0.1) is 24.8 Å². The number of anilines is 1. The summed E-state index contributed by atoms with van der Waals surface area (Å²) < 4.78 is 5.37. The highest BCUT2D eigenvalue weighted by Gasteiger charge is 2.16. The number of carbonyl (C=O) groups excluding carboxylic acids is 1. The Kier molecular flexibility index (Phi) is 10.5. The molecule has 0 radical (unpaired) electrons. The lowest BCUT2D eigenvalue weighted by Gasteiger charge is -2.26. The first-order chi connectivity index (χ1) is 12.6. The first-order valence-corrected chi connectivity index (χ1v) is 9.14. The van der Waals surface area contributed by atoms with Gasteiger partial charge in [-0.05, 0) is 36.6 Å². The maximum atomic E-state index is 12.4. The summed E-state index contributed by atoms with van der Waals surface area (Å²) >= 11 is 0. The Labute approximate surface area is 179 Å². The van der Waals surface area contributed by atoms with Crippen LogP contribution in [0.25, 0.3) is 0 Å². The molecule has 0 aromatic heterocycles. The van der Waals surface area contributed by atoms with E-state index in [1.807, 2.05) is 43.3 Å². The molecule has 2 aromatic carbocycles. The van der Waals surface area contributed by atoms with E-state index in [2.05, 4.69) is 22.3 Å². The maximum Gasteiger partial charge on any atom is 0.245 e. The summed E-state index contributed by atoms with van der Waals surface area (Å²) in [6.45, 7) is 6.71. The minimum Gasteiger partial charge on any atom is -0.379 e. The highest BCUT2D eigenvalue weighted by Crippen LogP contribution is 2.16. The molecule has 5 nitrogen and oxygen atoms in total. The Bertz CT molecular complexity index is 717. The van der Waals surface area contributed by atoms with Crippen molar-refractivity contribution in [3.05, 3.63) is 65.2 Å². The van der Waals surface area contributed by atoms with Crippen LogP contribution < -0.4 is 11.1 Å². The molecule has 1 atom stereocenters. The van der Waals surface area contributed by atoms with Crippen molar-refractivity contribution in [2.75, 3.05) is 38.2 Å². The zero-order valence-electron chi connectivity index (χ0n) is 16.1. The summed E-state index contributed by atoms with van der Waals surface area (Å²) in [6, 6.07) is 15.1. The molecule has 7 heteroatoms. The number of hydrogen-bond acceptors (Lipinski definition) is 4. The van der Waals surface area contributed by atoms with Crippen LogP contribution in [-0.4, -0.2) is 43.7 Å². The topological polar surface area (TPSA) is 67.6 Å². The Balaban J connectivity index is 0.00000196. The molecule has 0 spiro atoms. The number of nitrogens with zero attached hydrogens (tertiary/aromatic N) is 1. The summed E-state index contributed by atoms with van der Waals surface area (Å²) in [5, 5.41) is 2.90. The number of amides is 1. The van der Waals surface area contributed by atoms with Gasteiger partial charge in [-0.3, -0.25) is 9.69 Å². The van der Waals surface area contributed by atoms with Crippen LogP contribution in [0, 0.1) is 6.92 Å². The van der Waals surface area contributed by atoms with Gasteiger partial charge in [0.2, 0.25) is 5.91 Å². The van der Waals surface area contributed by atoms with Crippen LogP contribution in [0.1, 0.15) is 22.7 Å². The molecule has 1 aliphatic heterocycles. The molecular formula is C21H29Cl2N3O2. The van der Waals surface area contributed by atoms with Crippen LogP contribution in [0.4, 0.5) is 5.69 Å². The van der Waals surface area contributed by atoms with E-state index in [4.69, 9.17) is 10.5 Å². The van der Waals surface area contributed by atoms with Crippen LogP contribution in [-0.2, 0) is 16.0 Å². The molecule has 1 amide bonds. The number of rotatable bonds is 6. The monoisotopic (exact) mass is 425 g/mol. The molecular weight excluding hydrogens is 397 g/mol. The molecule has 1 aliphatic rings. The van der Waals surface area contributed by atoms with Gasteiger partial charge >= 0.3 is 0 Å². The number of benzene rings is 2. The predicted molar refractivity (Wildman–Crippen MR) is 119 cm³/mol. The third-order valence-corrected chi connectivity index (χ3v) is 4.76. The average Bonchev–Trinajstić information content (AvgIpc) is 2.68. The van der Waals surface area contributed by atoms with Crippen LogP contribution in [0.15, 0.2) is 48.5 Å². The molecule has 1 unspecified atom stereocenters. The highest BCUT2D eigenvalue weighted by molar-refractivity contribution is 5.95. The number of carbonyl (C=O) groups is 1. The zero-order valence-corrected chi connectivity index (χ0v) is 17.7. The summed E-state index contributed by atoms with van der Waals surface area (Å²) in [6.07, 6.45) is 0.997. The third-order valence-electron chi connectivity index (χ3n) is 4.76. The van der Waals surface area contributed by atoms with Crippen molar-refractivity contribution in [1.29, 1.82) is 0 Å². The Morgan fingerprint density at radius 1 is 1.07 bits per heavy atom. The first-order valence-electron chi connectivity index (χ1n) is 9.14. The third kappa shape index (κ3) is 7.08. The lowest BCUT2D eigenvalue weighted by atomic mass is 10.1. The van der Waals surface area contributed by atoms with Crippen molar-refractivity contribution in [1.82, 2.24) is 4.90 Å². The fourth-order valence-corrected chi connectivity index (χ4v) is 3.01. The maximum absolute atomic E-state index is 12.4. The van der Waals surface area contributed by atoms with Gasteiger partial charge in [0.05, 0.1) is 13.2 Å². The van der Waals surface area contributed by atoms with Crippen molar-refractivity contribution in [2.45, 2.75) is 19.4 Å². The number of hydrogen-bond donors (Lipinski definition) is 2. The van der Waals surface area contributed by atoms with Crippen LogP contribution in [0.2, 0.25) is 0 Å². The lowest BCUT2D eigenvalue weighted by Crippen LogP contribution is -2.37. The molecule has 0 bridgehead atoms. The Hall–Kier alpha value is -1.63. The standard InChI is InChI=1S/C21H27N3O2.2ClH/c1-16-2-6-18(7-3-16)20(22)21(25)23-19-8-4-17(5-9-19)10-11-24-12-14-26-15-13-24;;/h2-9,20H,10-15,22H2,1H3,(H,23,25);2*1H. The Morgan fingerprint density at radius 2 is 1.68 bits per heavy atom. The second-order valence-corrected chi connectivity index (χ2v) is 6.78. The van der Waals surface area contributed by atoms with E-state index in [-0.39, 0.29) is 30.7 Å². The smallest absolute Gasteiger partial charge is 0.245 e. The fourth-order valence-electron chi connectivity index (χ4n) is 3.01. The van der Waals surface area contributed by atoms with Crippen molar-refractivity contribution >= 4 is 36.4 Å². The van der Waals surface area contributed by atoms with Gasteiger partial charge in [0.15, 0.2) is 0 Å². The molecule has 3 rings (SSSR count). The quantitative estimate of drug-likeness (QED) is 0.744. The van der Waals surface area contributed by atoms with Crippen LogP contribution in [0.3, 0.4) is 0 Å². The molecule has 1 heterocycles. The molecule has 154 valence electrons. The van der Waals surface area contributed by atoms with Gasteiger partial charge in [0.25, 0.3) is 0 Å². The summed E-state index contributed by atoms with van der Waals surface area (Å²) in [7, 11) is 0. The molecule has 2 aromatic rings. The van der Waals surface area contributed by atoms with Crippen LogP contribution >= 0.6 is 24.8 Å². The molecule has 0 aliphatic carbocycles. The number of nitrogens with one attached hydrogen (secondary N) is 1. The second kappa shape index (κ2) is 12.0. The van der Waals surface area contributed by atoms with Gasteiger partial charge in [-0.2, -0.15) is 0 Å². The van der Waals surface area contributed by atoms with E-state index in [0.717, 1.165) is 56.1 Å². The minimum atomic E-state index is -0.670. The van der Waals surface area contributed by atoms with Gasteiger partial charge in [-0.25, -0.2) is 0 Å². The summed E-state index contributed by atoms with van der Waals surface area (Å²) in [5.74, 6) is -0.199. The summed E-state index contributed by atoms with van der Waals surface area (Å²) in [4.78, 5) is 14.8. The predicted octanol–water partition coefficient (Wildman–Crippen LogP) is 3.35. The minimum absolute atomic E-state index is 0. The second-order valence-electron chi connectivity index (χ2n) is 6.78. The molecule has 28 heavy (non-hydrogen) atoms. The molecule has 3 N–H and O–H groups in total. The average molecular weight is 426 g/mol. The molecule has 0 saturated carbocycles. The number of nitrogens with two attached hydrogens (primary N) is 1. The van der Waals surface area contributed by atoms with Gasteiger partial charge < -0.3 is 15.8 Å². The first kappa shape index (κ1) is 24.4. The van der Waals surface area contributed by atoms with E-state index in [1.165, 1.54) is 5.56 Å². The van der Waals surface area contributed by atoms with Crippen molar-refractivity contribution in [3.8, 4) is 0 Å². The van der Waals surface area contributed by atoms with Gasteiger partial charge in [0.1, 0.15) is 6.04 Å². The lowest BCUT2D eigenvalue weighted by molar-refractivity contribution is -0.117. The van der Waals surface area contributed by atoms with Crippen molar-refractivity contribution < 1.29 is 9.53 Å². The van der Waals surface area contributed by atoms with E-state index >= 15 is 0 Å². The van der Waals surface area contributed by atoms with Crippen LogP contribution in [0.5, 0.6) is 0 Å². The number of ether oxygens (including phenoxy) is 1.